The summed E-state index contributed by atoms with van der Waals surface area (Å²) < 4.78 is 30.6. The second kappa shape index (κ2) is 9.15. The molecule has 2 aromatic rings. The van der Waals surface area contributed by atoms with Gasteiger partial charge in [0.25, 0.3) is 11.6 Å². The molecule has 0 heterocycles. The highest BCUT2D eigenvalue weighted by atomic mass is 32.2. The van der Waals surface area contributed by atoms with Gasteiger partial charge < -0.3 is 4.74 Å². The average molecular weight is 420 g/mol. The molecule has 0 bridgehead atoms. The number of hydrogen-bond acceptors (Lipinski definition) is 7. The molecular formula is C18H20N4O6S. The summed E-state index contributed by atoms with van der Waals surface area (Å²) in [4.78, 5) is 22.7. The Morgan fingerprint density at radius 1 is 1.31 bits per heavy atom. The number of amides is 1. The number of methoxy groups -OCH3 is 1. The van der Waals surface area contributed by atoms with E-state index in [0.29, 0.717) is 0 Å². The van der Waals surface area contributed by atoms with E-state index in [-0.39, 0.29) is 22.7 Å². The third-order valence-corrected chi connectivity index (χ3v) is 4.94. The minimum atomic E-state index is -3.81. The Morgan fingerprint density at radius 3 is 2.62 bits per heavy atom. The van der Waals surface area contributed by atoms with Gasteiger partial charge in [0.05, 0.1) is 35.8 Å². The van der Waals surface area contributed by atoms with Crippen LogP contribution in [0, 0.1) is 17.0 Å². The summed E-state index contributed by atoms with van der Waals surface area (Å²) >= 11 is 0. The summed E-state index contributed by atoms with van der Waals surface area (Å²) in [5, 5.41) is 14.7. The van der Waals surface area contributed by atoms with E-state index in [1.165, 1.54) is 25.3 Å². The van der Waals surface area contributed by atoms with Gasteiger partial charge in [0.1, 0.15) is 12.3 Å². The maximum atomic E-state index is 12.3. The van der Waals surface area contributed by atoms with Gasteiger partial charge in [-0.05, 0) is 30.7 Å². The van der Waals surface area contributed by atoms with E-state index in [9.17, 15) is 23.3 Å². The summed E-state index contributed by atoms with van der Waals surface area (Å²) in [6, 6.07) is 10.8. The van der Waals surface area contributed by atoms with Gasteiger partial charge in [-0.15, -0.1) is 0 Å². The number of carbonyl (C=O) groups excluding carboxylic acids is 1. The van der Waals surface area contributed by atoms with Crippen molar-refractivity contribution in [3.05, 3.63) is 63.7 Å². The number of rotatable bonds is 8. The number of para-hydroxylation sites is 1. The number of benzene rings is 2. The first-order valence-electron chi connectivity index (χ1n) is 8.31. The second-order valence-electron chi connectivity index (χ2n) is 6.05. The Labute approximate surface area is 168 Å². The SMILES string of the molecule is COc1ccc(C)cc1N(CC(=O)N/N=C\c1ccccc1[N+](=O)[O-])S(C)(=O)=O. The molecule has 0 spiro atoms. The Hall–Kier alpha value is -3.47. The van der Waals surface area contributed by atoms with Crippen molar-refractivity contribution in [3.8, 4) is 5.75 Å². The standard InChI is InChI=1S/C18H20N4O6S/c1-13-8-9-17(28-2)16(10-13)21(29(3,26)27)12-18(23)20-19-11-14-6-4-5-7-15(14)22(24)25/h4-11H,12H2,1-3H3,(H,20,23)/b19-11-. The summed E-state index contributed by atoms with van der Waals surface area (Å²) in [5.41, 5.74) is 3.20. The van der Waals surface area contributed by atoms with Gasteiger partial charge in [-0.25, -0.2) is 13.8 Å². The molecular weight excluding hydrogens is 400 g/mol. The number of ether oxygens (including phenoxy) is 1. The van der Waals surface area contributed by atoms with Crippen LogP contribution >= 0.6 is 0 Å². The Bertz CT molecular complexity index is 1050. The number of nitrogens with one attached hydrogen (secondary N) is 1. The monoisotopic (exact) mass is 420 g/mol. The Morgan fingerprint density at radius 2 is 2.00 bits per heavy atom. The lowest BCUT2D eigenvalue weighted by Crippen LogP contribution is -2.39. The summed E-state index contributed by atoms with van der Waals surface area (Å²) in [6.45, 7) is 1.23. The minimum Gasteiger partial charge on any atom is -0.495 e. The van der Waals surface area contributed by atoms with Gasteiger partial charge in [0.15, 0.2) is 0 Å². The van der Waals surface area contributed by atoms with E-state index < -0.39 is 27.4 Å². The number of sulfonamides is 1. The van der Waals surface area contributed by atoms with Crippen molar-refractivity contribution in [2.24, 2.45) is 5.10 Å². The molecule has 154 valence electrons. The predicted molar refractivity (Wildman–Crippen MR) is 109 cm³/mol. The zero-order valence-corrected chi connectivity index (χ0v) is 16.8. The second-order valence-corrected chi connectivity index (χ2v) is 7.96. The van der Waals surface area contributed by atoms with Crippen LogP contribution in [0.5, 0.6) is 5.75 Å². The Balaban J connectivity index is 2.21. The summed E-state index contributed by atoms with van der Waals surface area (Å²) in [5.74, 6) is -0.439. The zero-order chi connectivity index (χ0) is 21.6. The van der Waals surface area contributed by atoms with Crippen LogP contribution in [0.3, 0.4) is 0 Å². The van der Waals surface area contributed by atoms with Gasteiger partial charge in [0.2, 0.25) is 10.0 Å². The fraction of sp³-hybridized carbons (Fsp3) is 0.222. The van der Waals surface area contributed by atoms with E-state index in [0.717, 1.165) is 22.3 Å². The molecule has 0 unspecified atom stereocenters. The molecule has 0 saturated heterocycles. The van der Waals surface area contributed by atoms with Crippen LogP contribution in [0.15, 0.2) is 47.6 Å². The fourth-order valence-corrected chi connectivity index (χ4v) is 3.33. The van der Waals surface area contributed by atoms with Gasteiger partial charge in [-0.3, -0.25) is 19.2 Å². The van der Waals surface area contributed by atoms with Crippen LogP contribution in [-0.2, 0) is 14.8 Å². The van der Waals surface area contributed by atoms with Crippen LogP contribution < -0.4 is 14.5 Å². The molecule has 29 heavy (non-hydrogen) atoms. The molecule has 0 aliphatic rings. The smallest absolute Gasteiger partial charge is 0.278 e. The lowest BCUT2D eigenvalue weighted by Gasteiger charge is -2.23. The van der Waals surface area contributed by atoms with E-state index in [1.54, 1.807) is 31.2 Å². The van der Waals surface area contributed by atoms with Gasteiger partial charge in [-0.1, -0.05) is 18.2 Å². The molecule has 10 nitrogen and oxygen atoms in total. The highest BCUT2D eigenvalue weighted by molar-refractivity contribution is 7.92. The van der Waals surface area contributed by atoms with Gasteiger partial charge in [-0.2, -0.15) is 5.10 Å². The van der Waals surface area contributed by atoms with Crippen molar-refractivity contribution >= 4 is 33.5 Å². The number of aryl methyl sites for hydroxylation is 1. The maximum absolute atomic E-state index is 12.3. The van der Waals surface area contributed by atoms with Crippen molar-refractivity contribution in [1.82, 2.24) is 5.43 Å². The normalized spacial score (nSPS) is 11.3. The van der Waals surface area contributed by atoms with Gasteiger partial charge >= 0.3 is 0 Å². The molecule has 2 aromatic carbocycles. The van der Waals surface area contributed by atoms with Crippen molar-refractivity contribution in [3.63, 3.8) is 0 Å². The lowest BCUT2D eigenvalue weighted by molar-refractivity contribution is -0.385. The molecule has 11 heteroatoms. The van der Waals surface area contributed by atoms with E-state index in [4.69, 9.17) is 4.74 Å². The molecule has 0 atom stereocenters. The van der Waals surface area contributed by atoms with E-state index >= 15 is 0 Å². The maximum Gasteiger partial charge on any atom is 0.278 e. The number of anilines is 1. The number of hydrogen-bond donors (Lipinski definition) is 1. The summed E-state index contributed by atoms with van der Waals surface area (Å²) in [6.07, 6.45) is 2.09. The first-order valence-corrected chi connectivity index (χ1v) is 10.2. The number of nitrogens with zero attached hydrogens (tertiary/aromatic N) is 3. The molecule has 1 N–H and O–H groups in total. The molecule has 0 aliphatic heterocycles. The van der Waals surface area contributed by atoms with E-state index in [1.807, 2.05) is 0 Å². The predicted octanol–water partition coefficient (Wildman–Crippen LogP) is 1.83. The van der Waals surface area contributed by atoms with Crippen LogP contribution in [0.4, 0.5) is 11.4 Å². The number of nitro groups is 1. The molecule has 0 radical (unpaired) electrons. The van der Waals surface area contributed by atoms with Crippen molar-refractivity contribution in [1.29, 1.82) is 0 Å². The third-order valence-electron chi connectivity index (χ3n) is 3.82. The topological polar surface area (TPSA) is 131 Å². The lowest BCUT2D eigenvalue weighted by atomic mass is 10.2. The summed E-state index contributed by atoms with van der Waals surface area (Å²) in [7, 11) is -2.41. The van der Waals surface area contributed by atoms with Crippen molar-refractivity contribution < 1.29 is 22.9 Å². The molecule has 1 amide bonds. The molecule has 0 aromatic heterocycles. The molecule has 0 aliphatic carbocycles. The Kier molecular flexibility index (Phi) is 6.89. The quantitative estimate of drug-likeness (QED) is 0.394. The first kappa shape index (κ1) is 21.8. The van der Waals surface area contributed by atoms with Crippen LogP contribution in [0.1, 0.15) is 11.1 Å². The van der Waals surface area contributed by atoms with Gasteiger partial charge in [0, 0.05) is 6.07 Å². The third kappa shape index (κ3) is 5.75. The minimum absolute atomic E-state index is 0.173. The highest BCUT2D eigenvalue weighted by Crippen LogP contribution is 2.30. The fourth-order valence-electron chi connectivity index (χ4n) is 2.48. The zero-order valence-electron chi connectivity index (χ0n) is 16.0. The van der Waals surface area contributed by atoms with Crippen molar-refractivity contribution in [2.75, 3.05) is 24.2 Å². The average Bonchev–Trinajstić information content (AvgIpc) is 2.65. The molecule has 0 saturated carbocycles. The molecule has 0 fully saturated rings. The largest absolute Gasteiger partial charge is 0.495 e. The van der Waals surface area contributed by atoms with E-state index in [2.05, 4.69) is 10.5 Å². The van der Waals surface area contributed by atoms with Crippen molar-refractivity contribution in [2.45, 2.75) is 6.92 Å². The number of carbonyl (C=O) groups is 1. The number of hydrazone groups is 1. The van der Waals surface area contributed by atoms with Crippen LogP contribution in [-0.4, -0.2) is 45.4 Å². The number of nitro benzene ring substituents is 1. The van der Waals surface area contributed by atoms with Crippen LogP contribution in [0.25, 0.3) is 0 Å². The van der Waals surface area contributed by atoms with Crippen LogP contribution in [0.2, 0.25) is 0 Å². The highest BCUT2D eigenvalue weighted by Gasteiger charge is 2.24. The molecule has 2 rings (SSSR count). The first-order chi connectivity index (χ1) is 13.6.